The van der Waals surface area contributed by atoms with E-state index in [4.69, 9.17) is 10.5 Å². The van der Waals surface area contributed by atoms with Gasteiger partial charge in [0.05, 0.1) is 6.61 Å². The van der Waals surface area contributed by atoms with E-state index in [-0.39, 0.29) is 0 Å². The summed E-state index contributed by atoms with van der Waals surface area (Å²) in [6, 6.07) is 0. The lowest BCUT2D eigenvalue weighted by Gasteiger charge is -2.02. The van der Waals surface area contributed by atoms with Crippen LogP contribution >= 0.6 is 0 Å². The van der Waals surface area contributed by atoms with Crippen LogP contribution in [0.4, 0.5) is 0 Å². The van der Waals surface area contributed by atoms with Gasteiger partial charge < -0.3 is 10.5 Å². The number of hydrogen-bond acceptors (Lipinski definition) is 2. The number of allylic oxidation sites excluding steroid dienone is 2. The second-order valence-electron chi connectivity index (χ2n) is 1.67. The molecule has 0 amide bonds. The Balaban J connectivity index is 3.62. The summed E-state index contributed by atoms with van der Waals surface area (Å²) in [6.45, 7) is 6.32. The second-order valence-corrected chi connectivity index (χ2v) is 1.67. The van der Waals surface area contributed by atoms with Crippen LogP contribution in [-0.2, 0) is 4.74 Å². The van der Waals surface area contributed by atoms with E-state index in [1.165, 1.54) is 0 Å². The molecule has 2 N–H and O–H groups in total. The van der Waals surface area contributed by atoms with Crippen LogP contribution in [0.15, 0.2) is 11.5 Å². The standard InChI is InChI=1S/C6H13NO/c1-4-8-6(3)5(2)7/h4,7H2,1-3H3/b6-5-. The predicted molar refractivity (Wildman–Crippen MR) is 34.2 cm³/mol. The van der Waals surface area contributed by atoms with Gasteiger partial charge >= 0.3 is 0 Å². The van der Waals surface area contributed by atoms with Crippen LogP contribution in [0, 0.1) is 0 Å². The highest BCUT2D eigenvalue weighted by molar-refractivity contribution is 4.97. The molecule has 0 aliphatic carbocycles. The largest absolute Gasteiger partial charge is 0.497 e. The van der Waals surface area contributed by atoms with Crippen molar-refractivity contribution in [3.63, 3.8) is 0 Å². The number of hydrogen-bond donors (Lipinski definition) is 1. The molecule has 0 unspecified atom stereocenters. The summed E-state index contributed by atoms with van der Waals surface area (Å²) in [7, 11) is 0. The maximum absolute atomic E-state index is 5.38. The van der Waals surface area contributed by atoms with E-state index in [9.17, 15) is 0 Å². The molecule has 0 bridgehead atoms. The molecule has 0 aliphatic heterocycles. The fourth-order valence-corrected chi connectivity index (χ4v) is 0.330. The Morgan fingerprint density at radius 3 is 2.12 bits per heavy atom. The van der Waals surface area contributed by atoms with Crippen molar-refractivity contribution in [1.29, 1.82) is 0 Å². The zero-order valence-electron chi connectivity index (χ0n) is 5.69. The molecular formula is C6H13NO. The first-order chi connectivity index (χ1) is 3.68. The van der Waals surface area contributed by atoms with E-state index in [0.717, 1.165) is 11.5 Å². The van der Waals surface area contributed by atoms with Crippen LogP contribution < -0.4 is 5.73 Å². The molecule has 0 saturated heterocycles. The minimum atomic E-state index is 0.695. The molecule has 0 aromatic carbocycles. The number of nitrogens with two attached hydrogens (primary N) is 1. The van der Waals surface area contributed by atoms with Gasteiger partial charge in [0.2, 0.25) is 0 Å². The molecule has 48 valence electrons. The summed E-state index contributed by atoms with van der Waals surface area (Å²) >= 11 is 0. The molecule has 8 heavy (non-hydrogen) atoms. The highest BCUT2D eigenvalue weighted by Gasteiger charge is 1.87. The highest BCUT2D eigenvalue weighted by atomic mass is 16.5. The van der Waals surface area contributed by atoms with E-state index in [1.807, 2.05) is 20.8 Å². The molecular weight excluding hydrogens is 102 g/mol. The highest BCUT2D eigenvalue weighted by Crippen LogP contribution is 1.96. The predicted octanol–water partition coefficient (Wildman–Crippen LogP) is 1.23. The minimum Gasteiger partial charge on any atom is -0.497 e. The van der Waals surface area contributed by atoms with Crippen LogP contribution in [0.2, 0.25) is 0 Å². The van der Waals surface area contributed by atoms with Gasteiger partial charge in [0.15, 0.2) is 0 Å². The Hall–Kier alpha value is -0.660. The molecule has 0 saturated carbocycles. The Morgan fingerprint density at radius 2 is 2.00 bits per heavy atom. The van der Waals surface area contributed by atoms with Crippen molar-refractivity contribution in [1.82, 2.24) is 0 Å². The van der Waals surface area contributed by atoms with Crippen molar-refractivity contribution in [2.45, 2.75) is 20.8 Å². The van der Waals surface area contributed by atoms with E-state index < -0.39 is 0 Å². The lowest BCUT2D eigenvalue weighted by atomic mass is 10.4. The van der Waals surface area contributed by atoms with Crippen LogP contribution in [0.3, 0.4) is 0 Å². The van der Waals surface area contributed by atoms with Crippen molar-refractivity contribution in [3.05, 3.63) is 11.5 Å². The SMILES string of the molecule is CCO/C(C)=C(/C)N. The van der Waals surface area contributed by atoms with Crippen LogP contribution in [0.25, 0.3) is 0 Å². The van der Waals surface area contributed by atoms with Crippen LogP contribution in [0.5, 0.6) is 0 Å². The van der Waals surface area contributed by atoms with E-state index in [2.05, 4.69) is 0 Å². The van der Waals surface area contributed by atoms with Gasteiger partial charge in [-0.05, 0) is 20.8 Å². The smallest absolute Gasteiger partial charge is 0.111 e. The third-order valence-electron chi connectivity index (χ3n) is 0.916. The number of ether oxygens (including phenoxy) is 1. The van der Waals surface area contributed by atoms with Crippen molar-refractivity contribution < 1.29 is 4.74 Å². The quantitative estimate of drug-likeness (QED) is 0.549. The Kier molecular flexibility index (Phi) is 3.08. The van der Waals surface area contributed by atoms with E-state index in [1.54, 1.807) is 0 Å². The third-order valence-corrected chi connectivity index (χ3v) is 0.916. The fraction of sp³-hybridized carbons (Fsp3) is 0.667. The topological polar surface area (TPSA) is 35.2 Å². The molecule has 0 aromatic rings. The monoisotopic (exact) mass is 115 g/mol. The molecule has 0 atom stereocenters. The van der Waals surface area contributed by atoms with E-state index >= 15 is 0 Å². The first kappa shape index (κ1) is 7.34. The van der Waals surface area contributed by atoms with Gasteiger partial charge in [-0.3, -0.25) is 0 Å². The van der Waals surface area contributed by atoms with Crippen molar-refractivity contribution in [2.75, 3.05) is 6.61 Å². The maximum atomic E-state index is 5.38. The lowest BCUT2D eigenvalue weighted by molar-refractivity contribution is 0.227. The summed E-state index contributed by atoms with van der Waals surface area (Å²) in [5, 5.41) is 0. The minimum absolute atomic E-state index is 0.695. The molecule has 0 rings (SSSR count). The Bertz CT molecular complexity index is 92.7. The maximum Gasteiger partial charge on any atom is 0.111 e. The fourth-order valence-electron chi connectivity index (χ4n) is 0.330. The Labute approximate surface area is 50.3 Å². The zero-order chi connectivity index (χ0) is 6.57. The molecule has 0 fully saturated rings. The average Bonchev–Trinajstić information content (AvgIpc) is 1.67. The van der Waals surface area contributed by atoms with Gasteiger partial charge in [-0.15, -0.1) is 0 Å². The first-order valence-corrected chi connectivity index (χ1v) is 2.74. The van der Waals surface area contributed by atoms with Gasteiger partial charge in [0, 0.05) is 5.70 Å². The van der Waals surface area contributed by atoms with Crippen molar-refractivity contribution >= 4 is 0 Å². The molecule has 2 heteroatoms. The Morgan fingerprint density at radius 1 is 1.50 bits per heavy atom. The second kappa shape index (κ2) is 3.36. The van der Waals surface area contributed by atoms with Crippen LogP contribution in [-0.4, -0.2) is 6.61 Å². The van der Waals surface area contributed by atoms with Crippen molar-refractivity contribution in [2.24, 2.45) is 5.73 Å². The molecule has 0 aromatic heterocycles. The summed E-state index contributed by atoms with van der Waals surface area (Å²) < 4.78 is 5.06. The van der Waals surface area contributed by atoms with Crippen molar-refractivity contribution in [3.8, 4) is 0 Å². The lowest BCUT2D eigenvalue weighted by Crippen LogP contribution is -1.98. The molecule has 0 spiro atoms. The third kappa shape index (κ3) is 2.50. The van der Waals surface area contributed by atoms with E-state index in [0.29, 0.717) is 6.61 Å². The normalized spacial score (nSPS) is 12.9. The van der Waals surface area contributed by atoms with Gasteiger partial charge in [-0.25, -0.2) is 0 Å². The first-order valence-electron chi connectivity index (χ1n) is 2.74. The van der Waals surface area contributed by atoms with Gasteiger partial charge in [0.1, 0.15) is 5.76 Å². The summed E-state index contributed by atoms with van der Waals surface area (Å²) in [4.78, 5) is 0. The molecule has 2 nitrogen and oxygen atoms in total. The van der Waals surface area contributed by atoms with Crippen LogP contribution in [0.1, 0.15) is 20.8 Å². The summed E-state index contributed by atoms with van der Waals surface area (Å²) in [5.74, 6) is 0.826. The van der Waals surface area contributed by atoms with Gasteiger partial charge in [-0.1, -0.05) is 0 Å². The van der Waals surface area contributed by atoms with Gasteiger partial charge in [0.25, 0.3) is 0 Å². The number of rotatable bonds is 2. The summed E-state index contributed by atoms with van der Waals surface area (Å²) in [5.41, 5.74) is 6.13. The van der Waals surface area contributed by atoms with Gasteiger partial charge in [-0.2, -0.15) is 0 Å². The zero-order valence-corrected chi connectivity index (χ0v) is 5.69. The summed E-state index contributed by atoms with van der Waals surface area (Å²) in [6.07, 6.45) is 0. The average molecular weight is 115 g/mol. The molecule has 0 heterocycles. The molecule has 0 aliphatic rings. The molecule has 0 radical (unpaired) electrons.